The zero-order valence-electron chi connectivity index (χ0n) is 19.3. The molecular formula is C26H26N4O2S. The molecule has 0 amide bonds. The Hall–Kier alpha value is -3.58. The largest absolute Gasteiger partial charge is 0.493 e. The molecule has 0 saturated heterocycles. The van der Waals surface area contributed by atoms with Crippen LogP contribution >= 0.6 is 11.3 Å². The fraction of sp³-hybridized carbons (Fsp3) is 0.231. The SMILES string of the molecule is COc1cc2nc(C)nc(NC(C)c3ccc(-c4ccc5c(ccn5C)c4)s3)c2cc1OC. The third-order valence-electron chi connectivity index (χ3n) is 5.89. The Morgan fingerprint density at radius 1 is 0.970 bits per heavy atom. The van der Waals surface area contributed by atoms with E-state index >= 15 is 0 Å². The second-order valence-electron chi connectivity index (χ2n) is 8.11. The monoisotopic (exact) mass is 458 g/mol. The van der Waals surface area contributed by atoms with E-state index in [1.165, 1.54) is 26.2 Å². The van der Waals surface area contributed by atoms with Gasteiger partial charge in [-0.3, -0.25) is 0 Å². The summed E-state index contributed by atoms with van der Waals surface area (Å²) < 4.78 is 13.1. The highest BCUT2D eigenvalue weighted by molar-refractivity contribution is 7.15. The number of nitrogens with zero attached hydrogens (tertiary/aromatic N) is 3. The molecule has 0 aliphatic carbocycles. The number of thiophene rings is 1. The lowest BCUT2D eigenvalue weighted by Crippen LogP contribution is -2.08. The number of aryl methyl sites for hydroxylation is 2. The predicted molar refractivity (Wildman–Crippen MR) is 136 cm³/mol. The van der Waals surface area contributed by atoms with Crippen molar-refractivity contribution in [2.45, 2.75) is 19.9 Å². The summed E-state index contributed by atoms with van der Waals surface area (Å²) in [5.74, 6) is 2.79. The molecule has 0 aliphatic rings. The number of anilines is 1. The lowest BCUT2D eigenvalue weighted by molar-refractivity contribution is 0.356. The van der Waals surface area contributed by atoms with Gasteiger partial charge >= 0.3 is 0 Å². The average Bonchev–Trinajstić information content (AvgIpc) is 3.45. The van der Waals surface area contributed by atoms with Crippen molar-refractivity contribution in [1.82, 2.24) is 14.5 Å². The Bertz CT molecular complexity index is 1470. The maximum absolute atomic E-state index is 5.50. The number of nitrogens with one attached hydrogen (secondary N) is 1. The Labute approximate surface area is 196 Å². The van der Waals surface area contributed by atoms with Crippen LogP contribution in [0.2, 0.25) is 0 Å². The number of hydrogen-bond acceptors (Lipinski definition) is 6. The highest BCUT2D eigenvalue weighted by Gasteiger charge is 2.16. The van der Waals surface area contributed by atoms with E-state index in [4.69, 9.17) is 9.47 Å². The zero-order valence-corrected chi connectivity index (χ0v) is 20.2. The predicted octanol–water partition coefficient (Wildman–Crippen LogP) is 6.35. The van der Waals surface area contributed by atoms with Gasteiger partial charge in [0.2, 0.25) is 0 Å². The van der Waals surface area contributed by atoms with Crippen molar-refractivity contribution in [1.29, 1.82) is 0 Å². The van der Waals surface area contributed by atoms with Crippen molar-refractivity contribution in [3.05, 3.63) is 65.4 Å². The molecule has 0 bridgehead atoms. The molecule has 3 aromatic heterocycles. The molecule has 0 fully saturated rings. The molecule has 5 aromatic rings. The van der Waals surface area contributed by atoms with Gasteiger partial charge < -0.3 is 19.4 Å². The standard InChI is InChI=1S/C26H26N4O2S/c1-15(24-8-9-25(33-24)18-6-7-21-17(12-18)10-11-30(21)3)27-26-19-13-22(31-4)23(32-5)14-20(19)28-16(2)29-26/h6-15H,1-5H3,(H,27,28,29). The van der Waals surface area contributed by atoms with Gasteiger partial charge in [-0.1, -0.05) is 6.07 Å². The van der Waals surface area contributed by atoms with Gasteiger partial charge in [-0.2, -0.15) is 0 Å². The van der Waals surface area contributed by atoms with Gasteiger partial charge in [0.25, 0.3) is 0 Å². The van der Waals surface area contributed by atoms with E-state index in [2.05, 4.69) is 76.4 Å². The molecule has 168 valence electrons. The number of ether oxygens (including phenoxy) is 2. The zero-order chi connectivity index (χ0) is 23.1. The van der Waals surface area contributed by atoms with Crippen LogP contribution in [0.1, 0.15) is 23.7 Å². The summed E-state index contributed by atoms with van der Waals surface area (Å²) in [6.45, 7) is 4.05. The molecule has 6 nitrogen and oxygen atoms in total. The molecule has 1 atom stereocenters. The van der Waals surface area contributed by atoms with E-state index in [1.807, 2.05) is 19.1 Å². The van der Waals surface area contributed by atoms with Crippen LogP contribution in [0.4, 0.5) is 5.82 Å². The van der Waals surface area contributed by atoms with E-state index in [-0.39, 0.29) is 6.04 Å². The maximum Gasteiger partial charge on any atom is 0.162 e. The molecule has 3 heterocycles. The normalized spacial score (nSPS) is 12.3. The van der Waals surface area contributed by atoms with Gasteiger partial charge in [0.15, 0.2) is 11.5 Å². The molecule has 5 rings (SSSR count). The molecule has 7 heteroatoms. The Morgan fingerprint density at radius 3 is 2.55 bits per heavy atom. The summed E-state index contributed by atoms with van der Waals surface area (Å²) in [7, 11) is 5.33. The fourth-order valence-corrected chi connectivity index (χ4v) is 5.14. The van der Waals surface area contributed by atoms with E-state index in [0.717, 1.165) is 16.7 Å². The number of methoxy groups -OCH3 is 2. The summed E-state index contributed by atoms with van der Waals surface area (Å²) in [5, 5.41) is 5.74. The quantitative estimate of drug-likeness (QED) is 0.321. The summed E-state index contributed by atoms with van der Waals surface area (Å²) in [4.78, 5) is 11.8. The minimum atomic E-state index is 0.0785. The Balaban J connectivity index is 1.46. The molecular weight excluding hydrogens is 432 g/mol. The number of rotatable bonds is 6. The average molecular weight is 459 g/mol. The van der Waals surface area contributed by atoms with Crippen LogP contribution in [0, 0.1) is 6.92 Å². The van der Waals surface area contributed by atoms with Crippen molar-refractivity contribution >= 4 is 39.0 Å². The second-order valence-corrected chi connectivity index (χ2v) is 9.23. The van der Waals surface area contributed by atoms with Crippen molar-refractivity contribution in [3.8, 4) is 21.9 Å². The van der Waals surface area contributed by atoms with E-state index < -0.39 is 0 Å². The van der Waals surface area contributed by atoms with Gasteiger partial charge in [-0.25, -0.2) is 9.97 Å². The first-order chi connectivity index (χ1) is 16.0. The molecule has 1 N–H and O–H groups in total. The van der Waals surface area contributed by atoms with Crippen LogP contribution in [0.5, 0.6) is 11.5 Å². The second kappa shape index (κ2) is 8.41. The molecule has 2 aromatic carbocycles. The minimum Gasteiger partial charge on any atom is -0.493 e. The van der Waals surface area contributed by atoms with Crippen LogP contribution in [-0.2, 0) is 7.05 Å². The number of fused-ring (bicyclic) bond motifs is 2. The molecule has 0 radical (unpaired) electrons. The third kappa shape index (κ3) is 3.89. The third-order valence-corrected chi connectivity index (χ3v) is 7.21. The van der Waals surface area contributed by atoms with Crippen LogP contribution in [0.15, 0.2) is 54.7 Å². The van der Waals surface area contributed by atoms with Crippen LogP contribution in [0.3, 0.4) is 0 Å². The van der Waals surface area contributed by atoms with Gasteiger partial charge in [0.05, 0.1) is 25.8 Å². The molecule has 0 saturated carbocycles. The van der Waals surface area contributed by atoms with Crippen molar-refractivity contribution < 1.29 is 9.47 Å². The summed E-state index contributed by atoms with van der Waals surface area (Å²) in [5.41, 5.74) is 3.29. The first-order valence-electron chi connectivity index (χ1n) is 10.8. The van der Waals surface area contributed by atoms with E-state index in [0.29, 0.717) is 17.3 Å². The lowest BCUT2D eigenvalue weighted by Gasteiger charge is -2.16. The Morgan fingerprint density at radius 2 is 1.76 bits per heavy atom. The number of benzene rings is 2. The highest BCUT2D eigenvalue weighted by atomic mass is 32.1. The summed E-state index contributed by atoms with van der Waals surface area (Å²) in [6, 6.07) is 17.1. The van der Waals surface area contributed by atoms with Crippen LogP contribution < -0.4 is 14.8 Å². The Kier molecular flexibility index (Phi) is 5.42. The fourth-order valence-electron chi connectivity index (χ4n) is 4.13. The van der Waals surface area contributed by atoms with Crippen molar-refractivity contribution in [2.75, 3.05) is 19.5 Å². The first kappa shape index (κ1) is 21.3. The van der Waals surface area contributed by atoms with Crippen LogP contribution in [0.25, 0.3) is 32.2 Å². The molecule has 33 heavy (non-hydrogen) atoms. The van der Waals surface area contributed by atoms with E-state index in [9.17, 15) is 0 Å². The topological polar surface area (TPSA) is 61.2 Å². The minimum absolute atomic E-state index is 0.0785. The van der Waals surface area contributed by atoms with Gasteiger partial charge in [0, 0.05) is 45.4 Å². The maximum atomic E-state index is 5.50. The van der Waals surface area contributed by atoms with Gasteiger partial charge in [-0.05, 0) is 55.8 Å². The van der Waals surface area contributed by atoms with Crippen LogP contribution in [-0.4, -0.2) is 28.8 Å². The summed E-state index contributed by atoms with van der Waals surface area (Å²) in [6.07, 6.45) is 2.10. The van der Waals surface area contributed by atoms with Gasteiger partial charge in [0.1, 0.15) is 11.6 Å². The lowest BCUT2D eigenvalue weighted by atomic mass is 10.1. The van der Waals surface area contributed by atoms with Crippen molar-refractivity contribution in [2.24, 2.45) is 7.05 Å². The van der Waals surface area contributed by atoms with Crippen molar-refractivity contribution in [3.63, 3.8) is 0 Å². The summed E-state index contributed by atoms with van der Waals surface area (Å²) >= 11 is 1.79. The highest BCUT2D eigenvalue weighted by Crippen LogP contribution is 2.37. The smallest absolute Gasteiger partial charge is 0.162 e. The van der Waals surface area contributed by atoms with Gasteiger partial charge in [-0.15, -0.1) is 11.3 Å². The number of aromatic nitrogens is 3. The molecule has 0 aliphatic heterocycles. The molecule has 0 spiro atoms. The first-order valence-corrected chi connectivity index (χ1v) is 11.6. The number of hydrogen-bond donors (Lipinski definition) is 1. The molecule has 1 unspecified atom stereocenters. The van der Waals surface area contributed by atoms with E-state index in [1.54, 1.807) is 25.6 Å².